The van der Waals surface area contributed by atoms with Crippen LogP contribution < -0.4 is 4.72 Å². The van der Waals surface area contributed by atoms with E-state index >= 15 is 0 Å². The molecule has 3 N–H and O–H groups in total. The van der Waals surface area contributed by atoms with E-state index in [1.54, 1.807) is 30.7 Å². The first-order valence-electron chi connectivity index (χ1n) is 11.6. The van der Waals surface area contributed by atoms with Gasteiger partial charge in [-0.1, -0.05) is 0 Å². The van der Waals surface area contributed by atoms with Crippen molar-refractivity contribution in [1.29, 1.82) is 0 Å². The van der Waals surface area contributed by atoms with E-state index in [2.05, 4.69) is 39.8 Å². The predicted molar refractivity (Wildman–Crippen MR) is 141 cm³/mol. The molecule has 0 radical (unpaired) electrons. The van der Waals surface area contributed by atoms with Crippen LogP contribution >= 0.6 is 0 Å². The van der Waals surface area contributed by atoms with Crippen molar-refractivity contribution in [2.45, 2.75) is 13.5 Å². The van der Waals surface area contributed by atoms with Crippen LogP contribution in [0.4, 0.5) is 4.39 Å². The molecule has 6 rings (SSSR count). The van der Waals surface area contributed by atoms with Gasteiger partial charge in [0.15, 0.2) is 17.1 Å². The molecule has 5 aromatic heterocycles. The Morgan fingerprint density at radius 3 is 2.66 bits per heavy atom. The van der Waals surface area contributed by atoms with Crippen molar-refractivity contribution >= 4 is 32.2 Å². The molecular weight excluding hydrogens is 509 g/mol. The number of halogens is 1. The van der Waals surface area contributed by atoms with Gasteiger partial charge in [-0.15, -0.1) is 0 Å². The number of nitrogens with one attached hydrogen (secondary N) is 3. The van der Waals surface area contributed by atoms with E-state index in [0.717, 1.165) is 28.7 Å². The Kier molecular flexibility index (Phi) is 5.54. The first-order chi connectivity index (χ1) is 18.2. The van der Waals surface area contributed by atoms with E-state index in [1.807, 2.05) is 24.6 Å². The number of rotatable bonds is 6. The number of sulfonamides is 1. The molecule has 0 aliphatic carbocycles. The molecule has 0 bridgehead atoms. The van der Waals surface area contributed by atoms with Crippen LogP contribution in [0.15, 0.2) is 48.9 Å². The fraction of sp³-hybridized carbons (Fsp3) is 0.160. The van der Waals surface area contributed by atoms with Crippen LogP contribution in [-0.2, 0) is 23.6 Å². The molecule has 0 aliphatic rings. The van der Waals surface area contributed by atoms with Gasteiger partial charge in [-0.05, 0) is 48.4 Å². The van der Waals surface area contributed by atoms with Crippen molar-refractivity contribution in [1.82, 2.24) is 44.4 Å². The molecule has 0 aliphatic heterocycles. The number of H-pyrrole nitrogens is 2. The molecule has 38 heavy (non-hydrogen) atoms. The van der Waals surface area contributed by atoms with Crippen LogP contribution in [0.2, 0.25) is 0 Å². The molecule has 11 nitrogen and oxygen atoms in total. The average molecular weight is 532 g/mol. The second kappa shape index (κ2) is 8.82. The number of fused-ring (bicyclic) bond motifs is 2. The summed E-state index contributed by atoms with van der Waals surface area (Å²) in [6.07, 6.45) is 6.20. The van der Waals surface area contributed by atoms with E-state index in [9.17, 15) is 12.8 Å². The highest BCUT2D eigenvalue weighted by Crippen LogP contribution is 2.32. The number of nitrogens with zero attached hydrogens (tertiary/aromatic N) is 6. The molecule has 0 spiro atoms. The van der Waals surface area contributed by atoms with E-state index < -0.39 is 15.8 Å². The molecule has 1 aromatic carbocycles. The van der Waals surface area contributed by atoms with Crippen LogP contribution in [0, 0.1) is 12.7 Å². The third-order valence-electron chi connectivity index (χ3n) is 6.36. The largest absolute Gasteiger partial charge is 0.335 e. The zero-order chi connectivity index (χ0) is 26.6. The van der Waals surface area contributed by atoms with Gasteiger partial charge in [0.2, 0.25) is 10.0 Å². The molecule has 0 atom stereocenters. The summed E-state index contributed by atoms with van der Waals surface area (Å²) < 4.78 is 41.9. The summed E-state index contributed by atoms with van der Waals surface area (Å²) >= 11 is 0. The van der Waals surface area contributed by atoms with Crippen molar-refractivity contribution < 1.29 is 12.8 Å². The number of aryl methyl sites for hydroxylation is 1. The van der Waals surface area contributed by atoms with Gasteiger partial charge < -0.3 is 9.55 Å². The van der Waals surface area contributed by atoms with Crippen molar-refractivity contribution in [2.24, 2.45) is 7.05 Å². The molecule has 13 heteroatoms. The van der Waals surface area contributed by atoms with E-state index in [4.69, 9.17) is 0 Å². The van der Waals surface area contributed by atoms with Crippen molar-refractivity contribution in [2.75, 3.05) is 6.26 Å². The second-order valence-electron chi connectivity index (χ2n) is 9.03. The Labute approximate surface area is 216 Å². The minimum atomic E-state index is -3.43. The number of aromatic amines is 2. The number of imidazole rings is 2. The van der Waals surface area contributed by atoms with Crippen molar-refractivity contribution in [3.05, 3.63) is 66.1 Å². The lowest BCUT2D eigenvalue weighted by molar-refractivity contribution is 0.586. The fourth-order valence-electron chi connectivity index (χ4n) is 4.38. The number of hydrogen-bond donors (Lipinski definition) is 3. The Morgan fingerprint density at radius 1 is 1.05 bits per heavy atom. The van der Waals surface area contributed by atoms with Gasteiger partial charge in [0.25, 0.3) is 0 Å². The summed E-state index contributed by atoms with van der Waals surface area (Å²) in [5, 5.41) is 8.11. The highest BCUT2D eigenvalue weighted by Gasteiger charge is 2.18. The van der Waals surface area contributed by atoms with Gasteiger partial charge in [-0.2, -0.15) is 5.10 Å². The van der Waals surface area contributed by atoms with Gasteiger partial charge >= 0.3 is 0 Å². The fourth-order valence-corrected chi connectivity index (χ4v) is 4.81. The van der Waals surface area contributed by atoms with Gasteiger partial charge in [0, 0.05) is 37.1 Å². The second-order valence-corrected chi connectivity index (χ2v) is 10.9. The quantitative estimate of drug-likeness (QED) is 0.298. The van der Waals surface area contributed by atoms with E-state index in [1.165, 1.54) is 12.1 Å². The minimum absolute atomic E-state index is 0.0301. The number of aromatic nitrogens is 8. The van der Waals surface area contributed by atoms with Gasteiger partial charge in [-0.3, -0.25) is 5.10 Å². The smallest absolute Gasteiger partial charge is 0.209 e. The molecule has 0 saturated carbocycles. The zero-order valence-corrected chi connectivity index (χ0v) is 21.4. The van der Waals surface area contributed by atoms with Gasteiger partial charge in [0.1, 0.15) is 17.3 Å². The zero-order valence-electron chi connectivity index (χ0n) is 20.6. The molecule has 0 amide bonds. The Morgan fingerprint density at radius 2 is 1.89 bits per heavy atom. The summed E-state index contributed by atoms with van der Waals surface area (Å²) in [5.41, 5.74) is 5.72. The maximum atomic E-state index is 14.5. The molecule has 0 unspecified atom stereocenters. The predicted octanol–water partition coefficient (Wildman–Crippen LogP) is 3.46. The summed E-state index contributed by atoms with van der Waals surface area (Å²) in [6, 6.07) is 8.14. The Balaban J connectivity index is 1.44. The summed E-state index contributed by atoms with van der Waals surface area (Å²) in [6.45, 7) is 1.90. The summed E-state index contributed by atoms with van der Waals surface area (Å²) in [4.78, 5) is 21.2. The topological polar surface area (TPSA) is 147 Å². The molecule has 0 saturated heterocycles. The first kappa shape index (κ1) is 23.9. The molecule has 0 fully saturated rings. The normalized spacial score (nSPS) is 12.1. The first-order valence-corrected chi connectivity index (χ1v) is 13.5. The lowest BCUT2D eigenvalue weighted by Gasteiger charge is -2.08. The van der Waals surface area contributed by atoms with Crippen molar-refractivity contribution in [3.63, 3.8) is 0 Å². The van der Waals surface area contributed by atoms with Gasteiger partial charge in [0.05, 0.1) is 29.0 Å². The third-order valence-corrected chi connectivity index (χ3v) is 7.03. The van der Waals surface area contributed by atoms with Crippen LogP contribution in [0.3, 0.4) is 0 Å². The number of benzene rings is 1. The van der Waals surface area contributed by atoms with Crippen LogP contribution in [0.25, 0.3) is 56.1 Å². The maximum absolute atomic E-state index is 14.5. The molecular formula is C25H22FN9O2S. The maximum Gasteiger partial charge on any atom is 0.209 e. The lowest BCUT2D eigenvalue weighted by Crippen LogP contribution is -2.21. The number of pyridine rings is 2. The van der Waals surface area contributed by atoms with Gasteiger partial charge in [-0.25, -0.2) is 37.5 Å². The standard InChI is InChI=1S/C25H22FN9O2S/c1-13-28-12-20(35(13)2)16-9-19-22(33-34-23(19)29-11-16)25-31-21-18(4-5-27-24(21)32-25)15-6-14(7-17(26)8-15)10-30-38(3,36)37/h4-9,11-12,30H,10H2,1-3H3,(H,27,31,32)(H,29,33,34). The Bertz CT molecular complexity index is 1960. The lowest BCUT2D eigenvalue weighted by atomic mass is 10.0. The van der Waals surface area contributed by atoms with Crippen LogP contribution in [0.1, 0.15) is 11.4 Å². The van der Waals surface area contributed by atoms with E-state index in [0.29, 0.717) is 45.0 Å². The number of hydrogen-bond acceptors (Lipinski definition) is 7. The van der Waals surface area contributed by atoms with Crippen LogP contribution in [0.5, 0.6) is 0 Å². The van der Waals surface area contributed by atoms with Crippen molar-refractivity contribution in [3.8, 4) is 33.9 Å². The minimum Gasteiger partial charge on any atom is -0.335 e. The molecule has 5 heterocycles. The summed E-state index contributed by atoms with van der Waals surface area (Å²) in [7, 11) is -1.48. The monoisotopic (exact) mass is 531 g/mol. The molecule has 192 valence electrons. The highest BCUT2D eigenvalue weighted by atomic mass is 32.2. The summed E-state index contributed by atoms with van der Waals surface area (Å²) in [5.74, 6) is 0.898. The molecule has 6 aromatic rings. The van der Waals surface area contributed by atoms with Crippen LogP contribution in [-0.4, -0.2) is 54.4 Å². The average Bonchev–Trinajstić information content (AvgIpc) is 3.58. The SMILES string of the molecule is Cc1ncc(-c2cnc3n[nH]c(-c4nc5nccc(-c6cc(F)cc(CNS(C)(=O)=O)c6)c5[nH]4)c3c2)n1C. The van der Waals surface area contributed by atoms with E-state index in [-0.39, 0.29) is 6.54 Å². The Hall–Kier alpha value is -4.49. The highest BCUT2D eigenvalue weighted by molar-refractivity contribution is 7.88. The third kappa shape index (κ3) is 4.31.